The van der Waals surface area contributed by atoms with E-state index in [0.717, 1.165) is 23.0 Å². The predicted octanol–water partition coefficient (Wildman–Crippen LogP) is 5.55. The van der Waals surface area contributed by atoms with Gasteiger partial charge in [0, 0.05) is 16.3 Å². The van der Waals surface area contributed by atoms with Crippen LogP contribution in [0.1, 0.15) is 25.0 Å². The molecule has 0 saturated heterocycles. The summed E-state index contributed by atoms with van der Waals surface area (Å²) in [6.07, 6.45) is 0. The summed E-state index contributed by atoms with van der Waals surface area (Å²) in [4.78, 5) is 2.42. The van der Waals surface area contributed by atoms with Crippen molar-refractivity contribution in [2.24, 2.45) is 5.92 Å². The molecule has 0 amide bonds. The van der Waals surface area contributed by atoms with E-state index in [9.17, 15) is 0 Å². The molecule has 0 spiro atoms. The lowest BCUT2D eigenvalue weighted by Gasteiger charge is -2.14. The van der Waals surface area contributed by atoms with Crippen LogP contribution >= 0.6 is 23.4 Å². The molecule has 0 aliphatic heterocycles. The van der Waals surface area contributed by atoms with E-state index in [1.54, 1.807) is 11.8 Å². The van der Waals surface area contributed by atoms with Crippen molar-refractivity contribution in [2.75, 3.05) is 6.54 Å². The van der Waals surface area contributed by atoms with Gasteiger partial charge < -0.3 is 5.32 Å². The molecule has 0 saturated carbocycles. The maximum Gasteiger partial charge on any atom is 0.0548 e. The zero-order valence-corrected chi connectivity index (χ0v) is 14.4. The lowest BCUT2D eigenvalue weighted by Crippen LogP contribution is -2.19. The highest BCUT2D eigenvalue weighted by atomic mass is 35.5. The second-order valence-electron chi connectivity index (χ2n) is 5.62. The van der Waals surface area contributed by atoms with Crippen LogP contribution in [0.3, 0.4) is 0 Å². The Morgan fingerprint density at radius 1 is 1.10 bits per heavy atom. The fourth-order valence-electron chi connectivity index (χ4n) is 2.08. The summed E-state index contributed by atoms with van der Waals surface area (Å²) in [5.41, 5.74) is 2.54. The smallest absolute Gasteiger partial charge is 0.0548 e. The Kier molecular flexibility index (Phi) is 6.16. The van der Waals surface area contributed by atoms with E-state index in [2.05, 4.69) is 56.4 Å². The van der Waals surface area contributed by atoms with Gasteiger partial charge in [-0.2, -0.15) is 0 Å². The molecule has 0 radical (unpaired) electrons. The van der Waals surface area contributed by atoms with Crippen molar-refractivity contribution in [2.45, 2.75) is 37.1 Å². The first-order valence-corrected chi connectivity index (χ1v) is 8.49. The molecule has 0 aliphatic carbocycles. The Labute approximate surface area is 137 Å². The van der Waals surface area contributed by atoms with Gasteiger partial charge in [0.15, 0.2) is 0 Å². The summed E-state index contributed by atoms with van der Waals surface area (Å²) in [6, 6.07) is 14.6. The summed E-state index contributed by atoms with van der Waals surface area (Å²) in [5.74, 6) is 0.650. The first kappa shape index (κ1) is 16.4. The molecule has 0 atom stereocenters. The molecular formula is C18H22ClNS. The minimum atomic E-state index is 0.650. The molecule has 0 fully saturated rings. The molecule has 0 heterocycles. The number of rotatable bonds is 6. The van der Waals surface area contributed by atoms with Crippen LogP contribution in [0.15, 0.2) is 52.3 Å². The van der Waals surface area contributed by atoms with Gasteiger partial charge in [0.05, 0.1) is 5.02 Å². The average Bonchev–Trinajstić information content (AvgIpc) is 2.44. The van der Waals surface area contributed by atoms with Crippen LogP contribution in [-0.4, -0.2) is 6.54 Å². The maximum atomic E-state index is 6.42. The van der Waals surface area contributed by atoms with Gasteiger partial charge in [0.25, 0.3) is 0 Å². The Hall–Kier alpha value is -0.960. The second kappa shape index (κ2) is 7.88. The van der Waals surface area contributed by atoms with Gasteiger partial charge in [-0.15, -0.1) is 0 Å². The molecule has 0 aromatic heterocycles. The highest BCUT2D eigenvalue weighted by Crippen LogP contribution is 2.37. The highest BCUT2D eigenvalue weighted by molar-refractivity contribution is 7.99. The van der Waals surface area contributed by atoms with Gasteiger partial charge in [-0.25, -0.2) is 0 Å². The van der Waals surface area contributed by atoms with Crippen molar-refractivity contribution in [3.05, 3.63) is 58.6 Å². The minimum Gasteiger partial charge on any atom is -0.312 e. The molecule has 0 aliphatic rings. The fraction of sp³-hybridized carbons (Fsp3) is 0.333. The number of hydrogen-bond donors (Lipinski definition) is 1. The van der Waals surface area contributed by atoms with E-state index < -0.39 is 0 Å². The van der Waals surface area contributed by atoms with Crippen LogP contribution in [0, 0.1) is 12.8 Å². The van der Waals surface area contributed by atoms with E-state index in [-0.39, 0.29) is 0 Å². The average molecular weight is 320 g/mol. The number of nitrogens with one attached hydrogen (secondary N) is 1. The van der Waals surface area contributed by atoms with Gasteiger partial charge in [-0.1, -0.05) is 67.5 Å². The molecule has 3 heteroatoms. The van der Waals surface area contributed by atoms with E-state index in [1.807, 2.05) is 12.1 Å². The van der Waals surface area contributed by atoms with Crippen LogP contribution in [0.25, 0.3) is 0 Å². The van der Waals surface area contributed by atoms with E-state index in [0.29, 0.717) is 5.92 Å². The zero-order valence-electron chi connectivity index (χ0n) is 12.8. The molecule has 0 unspecified atom stereocenters. The summed E-state index contributed by atoms with van der Waals surface area (Å²) in [7, 11) is 0. The van der Waals surface area contributed by atoms with E-state index in [4.69, 9.17) is 11.6 Å². The van der Waals surface area contributed by atoms with Crippen molar-refractivity contribution < 1.29 is 0 Å². The first-order chi connectivity index (χ1) is 10.1. The fourth-order valence-corrected chi connectivity index (χ4v) is 3.43. The van der Waals surface area contributed by atoms with Crippen molar-refractivity contribution in [1.82, 2.24) is 5.32 Å². The number of benzene rings is 2. The van der Waals surface area contributed by atoms with Crippen LogP contribution in [-0.2, 0) is 6.54 Å². The van der Waals surface area contributed by atoms with Crippen molar-refractivity contribution in [3.63, 3.8) is 0 Å². The third-order valence-corrected chi connectivity index (χ3v) is 5.01. The van der Waals surface area contributed by atoms with Gasteiger partial charge >= 0.3 is 0 Å². The molecule has 2 aromatic carbocycles. The van der Waals surface area contributed by atoms with Crippen molar-refractivity contribution in [1.29, 1.82) is 0 Å². The van der Waals surface area contributed by atoms with E-state index in [1.165, 1.54) is 16.0 Å². The summed E-state index contributed by atoms with van der Waals surface area (Å²) in [6.45, 7) is 8.44. The normalized spacial score (nSPS) is 11.1. The molecule has 1 nitrogen and oxygen atoms in total. The maximum absolute atomic E-state index is 6.42. The highest BCUT2D eigenvalue weighted by Gasteiger charge is 2.10. The summed E-state index contributed by atoms with van der Waals surface area (Å²) < 4.78 is 0. The number of halogens is 1. The summed E-state index contributed by atoms with van der Waals surface area (Å²) in [5, 5.41) is 4.32. The second-order valence-corrected chi connectivity index (χ2v) is 7.08. The van der Waals surface area contributed by atoms with Crippen LogP contribution in [0.4, 0.5) is 0 Å². The van der Waals surface area contributed by atoms with Gasteiger partial charge in [-0.05, 0) is 42.6 Å². The van der Waals surface area contributed by atoms with Gasteiger partial charge in [0.2, 0.25) is 0 Å². The van der Waals surface area contributed by atoms with Crippen LogP contribution in [0.5, 0.6) is 0 Å². The van der Waals surface area contributed by atoms with Crippen molar-refractivity contribution in [3.8, 4) is 0 Å². The molecular weight excluding hydrogens is 298 g/mol. The Morgan fingerprint density at radius 2 is 1.86 bits per heavy atom. The molecule has 2 rings (SSSR count). The standard InChI is InChI=1S/C18H22ClNS/c1-13(2)11-20-12-15-8-6-9-16(19)18(15)21-17-10-5-4-7-14(17)3/h4-10,13,20H,11-12H2,1-3H3. The zero-order chi connectivity index (χ0) is 15.2. The van der Waals surface area contributed by atoms with Crippen LogP contribution < -0.4 is 5.32 Å². The topological polar surface area (TPSA) is 12.0 Å². The minimum absolute atomic E-state index is 0.650. The molecule has 1 N–H and O–H groups in total. The largest absolute Gasteiger partial charge is 0.312 e. The predicted molar refractivity (Wildman–Crippen MR) is 93.3 cm³/mol. The quantitative estimate of drug-likeness (QED) is 0.749. The third-order valence-electron chi connectivity index (χ3n) is 3.22. The van der Waals surface area contributed by atoms with Gasteiger partial charge in [0.1, 0.15) is 0 Å². The van der Waals surface area contributed by atoms with E-state index >= 15 is 0 Å². The van der Waals surface area contributed by atoms with Crippen LogP contribution in [0.2, 0.25) is 5.02 Å². The van der Waals surface area contributed by atoms with Gasteiger partial charge in [-0.3, -0.25) is 0 Å². The lowest BCUT2D eigenvalue weighted by atomic mass is 10.2. The first-order valence-electron chi connectivity index (χ1n) is 7.29. The third kappa shape index (κ3) is 4.77. The number of hydrogen-bond acceptors (Lipinski definition) is 2. The Morgan fingerprint density at radius 3 is 2.57 bits per heavy atom. The summed E-state index contributed by atoms with van der Waals surface area (Å²) >= 11 is 8.18. The molecule has 0 bridgehead atoms. The lowest BCUT2D eigenvalue weighted by molar-refractivity contribution is 0.550. The SMILES string of the molecule is Cc1ccccc1Sc1c(Cl)cccc1CNCC(C)C. The molecule has 21 heavy (non-hydrogen) atoms. The van der Waals surface area contributed by atoms with Crippen molar-refractivity contribution >= 4 is 23.4 Å². The molecule has 112 valence electrons. The number of aryl methyl sites for hydroxylation is 1. The molecule has 2 aromatic rings. The monoisotopic (exact) mass is 319 g/mol. The Bertz CT molecular complexity index is 596. The Balaban J connectivity index is 2.20.